The minimum Gasteiger partial charge on any atom is -0.384 e. The third-order valence-corrected chi connectivity index (χ3v) is 3.55. The molecule has 0 saturated carbocycles. The van der Waals surface area contributed by atoms with Crippen LogP contribution < -0.4 is 5.32 Å². The molecule has 0 radical (unpaired) electrons. The highest BCUT2D eigenvalue weighted by Gasteiger charge is 2.11. The fourth-order valence-electron chi connectivity index (χ4n) is 2.58. The molecular formula is C15H13N3. The number of aromatic nitrogens is 2. The van der Waals surface area contributed by atoms with Gasteiger partial charge in [0, 0.05) is 35.6 Å². The quantitative estimate of drug-likeness (QED) is 0.680. The SMILES string of the molecule is c1cc2cc(-c3ccc4c(c3)CCN4)cnc2[nH]1. The molecule has 3 heteroatoms. The van der Waals surface area contributed by atoms with Gasteiger partial charge in [0.15, 0.2) is 0 Å². The molecule has 2 aromatic heterocycles. The first-order valence-corrected chi connectivity index (χ1v) is 6.20. The Bertz CT molecular complexity index is 727. The summed E-state index contributed by atoms with van der Waals surface area (Å²) in [5, 5.41) is 4.54. The maximum absolute atomic E-state index is 4.44. The Balaban J connectivity index is 1.86. The van der Waals surface area contributed by atoms with Gasteiger partial charge in [0.1, 0.15) is 5.65 Å². The Hall–Kier alpha value is -2.29. The van der Waals surface area contributed by atoms with Crippen molar-refractivity contribution in [3.05, 3.63) is 48.3 Å². The number of rotatable bonds is 1. The van der Waals surface area contributed by atoms with Gasteiger partial charge >= 0.3 is 0 Å². The summed E-state index contributed by atoms with van der Waals surface area (Å²) >= 11 is 0. The average Bonchev–Trinajstić information content (AvgIpc) is 3.05. The van der Waals surface area contributed by atoms with Crippen molar-refractivity contribution in [2.75, 3.05) is 11.9 Å². The van der Waals surface area contributed by atoms with Crippen molar-refractivity contribution in [2.24, 2.45) is 0 Å². The fourth-order valence-corrected chi connectivity index (χ4v) is 2.58. The van der Waals surface area contributed by atoms with E-state index in [1.807, 2.05) is 12.4 Å². The van der Waals surface area contributed by atoms with Gasteiger partial charge < -0.3 is 10.3 Å². The van der Waals surface area contributed by atoms with E-state index in [-0.39, 0.29) is 0 Å². The first-order chi connectivity index (χ1) is 8.90. The lowest BCUT2D eigenvalue weighted by Gasteiger charge is -2.05. The van der Waals surface area contributed by atoms with Gasteiger partial charge in [-0.2, -0.15) is 0 Å². The van der Waals surface area contributed by atoms with Crippen molar-refractivity contribution < 1.29 is 0 Å². The lowest BCUT2D eigenvalue weighted by atomic mass is 10.0. The molecule has 0 fully saturated rings. The van der Waals surface area contributed by atoms with Crippen molar-refractivity contribution >= 4 is 16.7 Å². The van der Waals surface area contributed by atoms with E-state index in [0.29, 0.717) is 0 Å². The van der Waals surface area contributed by atoms with Crippen LogP contribution in [-0.2, 0) is 6.42 Å². The average molecular weight is 235 g/mol. The lowest BCUT2D eigenvalue weighted by Crippen LogP contribution is -1.90. The van der Waals surface area contributed by atoms with Crippen LogP contribution in [0.1, 0.15) is 5.56 Å². The summed E-state index contributed by atoms with van der Waals surface area (Å²) < 4.78 is 0. The van der Waals surface area contributed by atoms with Crippen LogP contribution in [0.15, 0.2) is 42.7 Å². The van der Waals surface area contributed by atoms with Crippen LogP contribution in [0.3, 0.4) is 0 Å². The van der Waals surface area contributed by atoms with Gasteiger partial charge in [-0.3, -0.25) is 0 Å². The molecule has 0 unspecified atom stereocenters. The molecule has 0 spiro atoms. The highest BCUT2D eigenvalue weighted by atomic mass is 14.9. The maximum atomic E-state index is 4.44. The number of benzene rings is 1. The van der Waals surface area contributed by atoms with E-state index in [2.05, 4.69) is 45.6 Å². The second-order valence-electron chi connectivity index (χ2n) is 4.69. The number of aromatic amines is 1. The number of H-pyrrole nitrogens is 1. The number of fused-ring (bicyclic) bond motifs is 2. The molecule has 3 aromatic rings. The summed E-state index contributed by atoms with van der Waals surface area (Å²) in [5.74, 6) is 0. The van der Waals surface area contributed by atoms with Gasteiger partial charge in [0.2, 0.25) is 0 Å². The minimum absolute atomic E-state index is 0.946. The molecule has 0 bridgehead atoms. The molecule has 0 saturated heterocycles. The normalized spacial score (nSPS) is 13.6. The first-order valence-electron chi connectivity index (χ1n) is 6.20. The molecule has 88 valence electrons. The maximum Gasteiger partial charge on any atom is 0.137 e. The molecule has 0 atom stereocenters. The highest BCUT2D eigenvalue weighted by molar-refractivity contribution is 5.82. The smallest absolute Gasteiger partial charge is 0.137 e. The van der Waals surface area contributed by atoms with Crippen LogP contribution in [0.25, 0.3) is 22.2 Å². The predicted molar refractivity (Wildman–Crippen MR) is 73.7 cm³/mol. The standard InChI is InChI=1S/C15H13N3/c1-2-14-11(3-5-16-14)7-10(1)13-8-12-4-6-17-15(12)18-9-13/h1-2,4,6-9,16H,3,5H2,(H,17,18). The Kier molecular flexibility index (Phi) is 1.94. The Morgan fingerprint density at radius 3 is 3.06 bits per heavy atom. The monoisotopic (exact) mass is 235 g/mol. The van der Waals surface area contributed by atoms with Crippen LogP contribution in [0, 0.1) is 0 Å². The molecule has 2 N–H and O–H groups in total. The van der Waals surface area contributed by atoms with E-state index in [1.54, 1.807) is 0 Å². The van der Waals surface area contributed by atoms with E-state index in [0.717, 1.165) is 24.0 Å². The summed E-state index contributed by atoms with van der Waals surface area (Å²) in [6.45, 7) is 1.05. The number of nitrogens with one attached hydrogen (secondary N) is 2. The van der Waals surface area contributed by atoms with Crippen LogP contribution in [-0.4, -0.2) is 16.5 Å². The molecular weight excluding hydrogens is 222 g/mol. The van der Waals surface area contributed by atoms with E-state index in [9.17, 15) is 0 Å². The fraction of sp³-hybridized carbons (Fsp3) is 0.133. The molecule has 1 aliphatic heterocycles. The van der Waals surface area contributed by atoms with E-state index < -0.39 is 0 Å². The Morgan fingerprint density at radius 1 is 1.06 bits per heavy atom. The third-order valence-electron chi connectivity index (χ3n) is 3.55. The summed E-state index contributed by atoms with van der Waals surface area (Å²) in [4.78, 5) is 7.56. The van der Waals surface area contributed by atoms with Crippen molar-refractivity contribution in [3.63, 3.8) is 0 Å². The van der Waals surface area contributed by atoms with Crippen molar-refractivity contribution in [1.82, 2.24) is 9.97 Å². The third kappa shape index (κ3) is 1.40. The molecule has 4 rings (SSSR count). The van der Waals surface area contributed by atoms with Crippen LogP contribution in [0.4, 0.5) is 5.69 Å². The number of nitrogens with zero attached hydrogens (tertiary/aromatic N) is 1. The van der Waals surface area contributed by atoms with Gasteiger partial charge in [0.05, 0.1) is 0 Å². The number of pyridine rings is 1. The topological polar surface area (TPSA) is 40.7 Å². The molecule has 0 amide bonds. The lowest BCUT2D eigenvalue weighted by molar-refractivity contribution is 1.11. The molecule has 18 heavy (non-hydrogen) atoms. The van der Waals surface area contributed by atoms with E-state index in [4.69, 9.17) is 0 Å². The van der Waals surface area contributed by atoms with Gasteiger partial charge in [-0.1, -0.05) is 6.07 Å². The summed E-state index contributed by atoms with van der Waals surface area (Å²) in [7, 11) is 0. The predicted octanol–water partition coefficient (Wildman–Crippen LogP) is 3.20. The summed E-state index contributed by atoms with van der Waals surface area (Å²) in [6.07, 6.45) is 4.97. The zero-order valence-corrected chi connectivity index (χ0v) is 9.90. The van der Waals surface area contributed by atoms with Crippen LogP contribution in [0.2, 0.25) is 0 Å². The largest absolute Gasteiger partial charge is 0.384 e. The number of anilines is 1. The highest BCUT2D eigenvalue weighted by Crippen LogP contribution is 2.29. The molecule has 1 aromatic carbocycles. The van der Waals surface area contributed by atoms with Crippen molar-refractivity contribution in [3.8, 4) is 11.1 Å². The molecule has 1 aliphatic rings. The van der Waals surface area contributed by atoms with Gasteiger partial charge in [0.25, 0.3) is 0 Å². The van der Waals surface area contributed by atoms with Crippen molar-refractivity contribution in [2.45, 2.75) is 6.42 Å². The molecule has 3 nitrogen and oxygen atoms in total. The van der Waals surface area contributed by atoms with Gasteiger partial charge in [-0.25, -0.2) is 4.98 Å². The summed E-state index contributed by atoms with van der Waals surface area (Å²) in [5.41, 5.74) is 6.04. The minimum atomic E-state index is 0.946. The Morgan fingerprint density at radius 2 is 2.06 bits per heavy atom. The molecule has 3 heterocycles. The van der Waals surface area contributed by atoms with Gasteiger partial charge in [-0.05, 0) is 41.8 Å². The zero-order valence-electron chi connectivity index (χ0n) is 9.90. The van der Waals surface area contributed by atoms with Crippen LogP contribution in [0.5, 0.6) is 0 Å². The second-order valence-corrected chi connectivity index (χ2v) is 4.69. The second kappa shape index (κ2) is 3.60. The first kappa shape index (κ1) is 9.71. The number of hydrogen-bond donors (Lipinski definition) is 2. The van der Waals surface area contributed by atoms with Gasteiger partial charge in [-0.15, -0.1) is 0 Å². The van der Waals surface area contributed by atoms with Crippen LogP contribution >= 0.6 is 0 Å². The summed E-state index contributed by atoms with van der Waals surface area (Å²) in [6, 6.07) is 10.8. The number of hydrogen-bond acceptors (Lipinski definition) is 2. The van der Waals surface area contributed by atoms with E-state index in [1.165, 1.54) is 22.4 Å². The zero-order chi connectivity index (χ0) is 11.9. The Labute approximate surface area is 105 Å². The molecule has 0 aliphatic carbocycles. The van der Waals surface area contributed by atoms with E-state index >= 15 is 0 Å². The van der Waals surface area contributed by atoms with Crippen molar-refractivity contribution in [1.29, 1.82) is 0 Å².